The Bertz CT molecular complexity index is 980. The van der Waals surface area contributed by atoms with Gasteiger partial charge in [0.1, 0.15) is 6.04 Å². The molecule has 0 saturated heterocycles. The Labute approximate surface area is 200 Å². The Morgan fingerprint density at radius 3 is 2.18 bits per heavy atom. The molecule has 4 amide bonds. The fourth-order valence-electron chi connectivity index (χ4n) is 4.22. The van der Waals surface area contributed by atoms with Gasteiger partial charge in [0.25, 0.3) is 11.8 Å². The normalized spacial score (nSPS) is 16.9. The first-order valence-electron chi connectivity index (χ1n) is 11.4. The molecule has 0 aliphatic carbocycles. The van der Waals surface area contributed by atoms with Gasteiger partial charge in [-0.25, -0.2) is 0 Å². The van der Waals surface area contributed by atoms with Gasteiger partial charge in [-0.2, -0.15) is 0 Å². The summed E-state index contributed by atoms with van der Waals surface area (Å²) in [6.45, 7) is 7.14. The molecule has 11 heteroatoms. The van der Waals surface area contributed by atoms with Crippen molar-refractivity contribution in [3.05, 3.63) is 29.3 Å². The lowest BCUT2D eigenvalue weighted by molar-refractivity contribution is -0.131. The highest BCUT2D eigenvalue weighted by Gasteiger charge is 2.42. The van der Waals surface area contributed by atoms with Gasteiger partial charge in [-0.15, -0.1) is 0 Å². The van der Waals surface area contributed by atoms with E-state index in [0.29, 0.717) is 6.42 Å². The second-order valence-corrected chi connectivity index (χ2v) is 10.9. The third kappa shape index (κ3) is 6.24. The number of likely N-dealkylation sites (N-methyl/N-ethyl adjacent to an activating group) is 1. The molecule has 1 aromatic rings. The summed E-state index contributed by atoms with van der Waals surface area (Å²) >= 11 is 0. The Hall–Kier alpha value is -2.71. The van der Waals surface area contributed by atoms with Gasteiger partial charge >= 0.3 is 0 Å². The number of fused-ring (bicyclic) bond motifs is 1. The number of nitrogen functional groups attached to an aromatic ring is 1. The lowest BCUT2D eigenvalue weighted by Crippen LogP contribution is -2.51. The van der Waals surface area contributed by atoms with Crippen molar-refractivity contribution < 1.29 is 28.6 Å². The summed E-state index contributed by atoms with van der Waals surface area (Å²) in [7, 11) is -1.89. The smallest absolute Gasteiger partial charge is 0.263 e. The van der Waals surface area contributed by atoms with Crippen molar-refractivity contribution in [2.45, 2.75) is 52.2 Å². The molecule has 0 saturated carbocycles. The number of amides is 4. The molecular formula is C23H35N4O6P. The molecule has 2 rings (SSSR count). The number of imide groups is 1. The molecule has 0 radical (unpaired) electrons. The molecule has 0 bridgehead atoms. The van der Waals surface area contributed by atoms with Gasteiger partial charge in [0, 0.05) is 19.3 Å². The predicted molar refractivity (Wildman–Crippen MR) is 130 cm³/mol. The zero-order valence-electron chi connectivity index (χ0n) is 20.3. The van der Waals surface area contributed by atoms with Gasteiger partial charge in [-0.3, -0.25) is 28.6 Å². The average molecular weight is 495 g/mol. The molecule has 1 heterocycles. The van der Waals surface area contributed by atoms with Crippen LogP contribution in [0.2, 0.25) is 0 Å². The summed E-state index contributed by atoms with van der Waals surface area (Å²) in [6.07, 6.45) is 0.622. The van der Waals surface area contributed by atoms with E-state index < -0.39 is 49.9 Å². The van der Waals surface area contributed by atoms with Crippen LogP contribution >= 0.6 is 8.03 Å². The number of hydrogen-bond donors (Lipinski definition) is 4. The predicted octanol–water partition coefficient (Wildman–Crippen LogP) is 1.64. The number of nitrogens with zero attached hydrogens (tertiary/aromatic N) is 1. The second-order valence-electron chi connectivity index (χ2n) is 9.48. The summed E-state index contributed by atoms with van der Waals surface area (Å²) in [4.78, 5) is 62.5. The Kier molecular flexibility index (Phi) is 9.41. The molecule has 0 aromatic heterocycles. The van der Waals surface area contributed by atoms with E-state index in [2.05, 4.69) is 10.6 Å². The second kappa shape index (κ2) is 11.6. The van der Waals surface area contributed by atoms with Crippen molar-refractivity contribution in [1.29, 1.82) is 0 Å². The number of carbonyl (C=O) groups excluding carboxylic acids is 4. The van der Waals surface area contributed by atoms with E-state index >= 15 is 0 Å². The first-order valence-corrected chi connectivity index (χ1v) is 12.8. The minimum Gasteiger partial charge on any atom is -0.398 e. The van der Waals surface area contributed by atoms with E-state index in [1.165, 1.54) is 19.2 Å². The molecule has 34 heavy (non-hydrogen) atoms. The summed E-state index contributed by atoms with van der Waals surface area (Å²) < 4.78 is 12.5. The molecule has 0 spiro atoms. The van der Waals surface area contributed by atoms with Crippen molar-refractivity contribution in [2.24, 2.45) is 17.8 Å². The van der Waals surface area contributed by atoms with Crippen molar-refractivity contribution in [1.82, 2.24) is 15.5 Å². The van der Waals surface area contributed by atoms with Crippen LogP contribution in [0.3, 0.4) is 0 Å². The van der Waals surface area contributed by atoms with E-state index in [0.717, 1.165) is 4.90 Å². The van der Waals surface area contributed by atoms with E-state index in [1.807, 2.05) is 27.7 Å². The molecule has 1 aliphatic rings. The fraction of sp³-hybridized carbons (Fsp3) is 0.565. The van der Waals surface area contributed by atoms with Crippen molar-refractivity contribution >= 4 is 37.3 Å². The van der Waals surface area contributed by atoms with Gasteiger partial charge < -0.3 is 21.3 Å². The minimum absolute atomic E-state index is 0.0269. The quantitative estimate of drug-likeness (QED) is 0.207. The number of anilines is 1. The van der Waals surface area contributed by atoms with E-state index in [-0.39, 0.29) is 41.0 Å². The molecule has 1 aliphatic heterocycles. The Balaban J connectivity index is 2.35. The lowest BCUT2D eigenvalue weighted by Gasteiger charge is -2.30. The van der Waals surface area contributed by atoms with E-state index in [9.17, 15) is 28.6 Å². The van der Waals surface area contributed by atoms with Crippen LogP contribution in [0.1, 0.15) is 61.3 Å². The topological polar surface area (TPSA) is 159 Å². The van der Waals surface area contributed by atoms with Gasteiger partial charge in [0.2, 0.25) is 11.8 Å². The third-order valence-corrected chi connectivity index (χ3v) is 7.08. The van der Waals surface area contributed by atoms with Crippen LogP contribution in [-0.4, -0.2) is 58.7 Å². The van der Waals surface area contributed by atoms with E-state index in [1.54, 1.807) is 6.07 Å². The van der Waals surface area contributed by atoms with Crippen LogP contribution in [-0.2, 0) is 14.2 Å². The standard InChI is InChI=1S/C23H35N4O6P/c1-12(2)9-15(20(28)26-17(10-13(3)4)21(29)25-5)18(34(32)33)11-27-22(30)14-7-6-8-16(24)19(14)23(27)31/h6-8,12-13,15,17-18,34H,9-11,24H2,1-5H3,(H,25,29)(H,26,28)(H,32,33)/t15?,17-,18?/m0/s1. The number of carbonyl (C=O) groups is 4. The largest absolute Gasteiger partial charge is 0.398 e. The maximum Gasteiger partial charge on any atom is 0.263 e. The zero-order valence-corrected chi connectivity index (χ0v) is 21.3. The first-order chi connectivity index (χ1) is 15.9. The molecule has 3 unspecified atom stereocenters. The Morgan fingerprint density at radius 1 is 1.06 bits per heavy atom. The zero-order chi connectivity index (χ0) is 25.7. The van der Waals surface area contributed by atoms with Gasteiger partial charge in [0.05, 0.1) is 22.7 Å². The summed E-state index contributed by atoms with van der Waals surface area (Å²) in [6, 6.07) is 3.72. The number of nitrogens with one attached hydrogen (secondary N) is 2. The number of rotatable bonds is 11. The van der Waals surface area contributed by atoms with Crippen LogP contribution < -0.4 is 16.4 Å². The summed E-state index contributed by atoms with van der Waals surface area (Å²) in [5.41, 5.74) is 5.03. The molecule has 10 nitrogen and oxygen atoms in total. The van der Waals surface area contributed by atoms with Crippen molar-refractivity contribution in [3.63, 3.8) is 0 Å². The van der Waals surface area contributed by atoms with Crippen molar-refractivity contribution in [2.75, 3.05) is 19.3 Å². The van der Waals surface area contributed by atoms with Gasteiger partial charge in [0.15, 0.2) is 8.03 Å². The molecule has 4 atom stereocenters. The van der Waals surface area contributed by atoms with Crippen LogP contribution in [0.4, 0.5) is 5.69 Å². The number of hydrogen-bond acceptors (Lipinski definition) is 6. The summed E-state index contributed by atoms with van der Waals surface area (Å²) in [5, 5.41) is 5.25. The molecule has 5 N–H and O–H groups in total. The summed E-state index contributed by atoms with van der Waals surface area (Å²) in [5.74, 6) is -3.10. The van der Waals surface area contributed by atoms with E-state index in [4.69, 9.17) is 5.73 Å². The monoisotopic (exact) mass is 494 g/mol. The van der Waals surface area contributed by atoms with Crippen LogP contribution in [0.5, 0.6) is 0 Å². The van der Waals surface area contributed by atoms with Gasteiger partial charge in [-0.05, 0) is 36.8 Å². The van der Waals surface area contributed by atoms with Gasteiger partial charge in [-0.1, -0.05) is 33.8 Å². The molecule has 0 fully saturated rings. The maximum absolute atomic E-state index is 13.3. The van der Waals surface area contributed by atoms with Crippen molar-refractivity contribution in [3.8, 4) is 0 Å². The van der Waals surface area contributed by atoms with Crippen LogP contribution in [0.15, 0.2) is 18.2 Å². The molecular weight excluding hydrogens is 459 g/mol. The highest BCUT2D eigenvalue weighted by molar-refractivity contribution is 7.39. The Morgan fingerprint density at radius 2 is 1.68 bits per heavy atom. The average Bonchev–Trinajstić information content (AvgIpc) is 2.99. The SMILES string of the molecule is CNC(=O)[C@H](CC(C)C)NC(=O)C(CC(C)C)C(CN1C(=O)c2cccc(N)c2C1=O)[PH](=O)O. The molecule has 188 valence electrons. The third-order valence-electron chi connectivity index (χ3n) is 5.86. The fourth-order valence-corrected chi connectivity index (χ4v) is 5.19. The highest BCUT2D eigenvalue weighted by Crippen LogP contribution is 2.36. The number of benzene rings is 1. The number of nitrogens with two attached hydrogens (primary N) is 1. The minimum atomic E-state index is -3.36. The lowest BCUT2D eigenvalue weighted by atomic mass is 9.91. The van der Waals surface area contributed by atoms with Crippen LogP contribution in [0, 0.1) is 17.8 Å². The van der Waals surface area contributed by atoms with Crippen LogP contribution in [0.25, 0.3) is 0 Å². The maximum atomic E-state index is 13.3. The molecule has 1 aromatic carbocycles. The highest BCUT2D eigenvalue weighted by atomic mass is 31.1. The first kappa shape index (κ1) is 27.5.